The third-order valence-corrected chi connectivity index (χ3v) is 2.77. The van der Waals surface area contributed by atoms with Crippen molar-refractivity contribution in [3.05, 3.63) is 35.9 Å². The van der Waals surface area contributed by atoms with Crippen molar-refractivity contribution in [2.75, 3.05) is 19.0 Å². The summed E-state index contributed by atoms with van der Waals surface area (Å²) in [5.74, 6) is 0.584. The van der Waals surface area contributed by atoms with Gasteiger partial charge in [0.25, 0.3) is 0 Å². The van der Waals surface area contributed by atoms with Crippen molar-refractivity contribution in [3.8, 4) is 11.4 Å². The normalized spacial score (nSPS) is 10.5. The number of hydrogen-bond donors (Lipinski definition) is 1. The minimum absolute atomic E-state index is 0.239. The van der Waals surface area contributed by atoms with Crippen LogP contribution in [0.15, 0.2) is 24.4 Å². The highest BCUT2D eigenvalue weighted by Crippen LogP contribution is 2.23. The van der Waals surface area contributed by atoms with E-state index in [2.05, 4.69) is 17.2 Å². The molecular formula is C14H18FN3O. The number of imidazole rings is 1. The van der Waals surface area contributed by atoms with Gasteiger partial charge in [0.15, 0.2) is 11.6 Å². The van der Waals surface area contributed by atoms with Crippen LogP contribution in [0, 0.1) is 12.7 Å². The molecule has 0 unspecified atom stereocenters. The van der Waals surface area contributed by atoms with Gasteiger partial charge in [0.1, 0.15) is 0 Å². The predicted molar refractivity (Wildman–Crippen MR) is 73.6 cm³/mol. The summed E-state index contributed by atoms with van der Waals surface area (Å²) in [7, 11) is 1.45. The van der Waals surface area contributed by atoms with E-state index in [1.807, 2.05) is 17.7 Å². The molecule has 0 saturated heterocycles. The van der Waals surface area contributed by atoms with Crippen LogP contribution in [0.25, 0.3) is 5.69 Å². The van der Waals surface area contributed by atoms with Crippen LogP contribution in [0.1, 0.15) is 19.0 Å². The van der Waals surface area contributed by atoms with Crippen LogP contribution in [0.4, 0.5) is 10.3 Å². The summed E-state index contributed by atoms with van der Waals surface area (Å²) >= 11 is 0. The zero-order valence-electron chi connectivity index (χ0n) is 11.4. The van der Waals surface area contributed by atoms with Gasteiger partial charge in [-0.2, -0.15) is 0 Å². The molecule has 0 saturated carbocycles. The van der Waals surface area contributed by atoms with Crippen LogP contribution in [0.3, 0.4) is 0 Å². The molecule has 0 aliphatic carbocycles. The molecule has 2 rings (SSSR count). The number of nitrogens with zero attached hydrogens (tertiary/aromatic N) is 2. The lowest BCUT2D eigenvalue weighted by Gasteiger charge is -2.10. The van der Waals surface area contributed by atoms with Crippen molar-refractivity contribution in [1.29, 1.82) is 0 Å². The Kier molecular flexibility index (Phi) is 4.04. The van der Waals surface area contributed by atoms with Gasteiger partial charge < -0.3 is 10.1 Å². The predicted octanol–water partition coefficient (Wildman–Crippen LogP) is 3.15. The van der Waals surface area contributed by atoms with E-state index in [9.17, 15) is 4.39 Å². The molecule has 0 aliphatic heterocycles. The number of methoxy groups -OCH3 is 1. The number of aromatic nitrogens is 2. The van der Waals surface area contributed by atoms with Crippen LogP contribution in [0.5, 0.6) is 5.75 Å². The molecular weight excluding hydrogens is 245 g/mol. The number of aryl methyl sites for hydroxylation is 1. The number of benzene rings is 1. The van der Waals surface area contributed by atoms with Crippen LogP contribution >= 0.6 is 0 Å². The van der Waals surface area contributed by atoms with Gasteiger partial charge in [0.05, 0.1) is 18.5 Å². The van der Waals surface area contributed by atoms with E-state index in [-0.39, 0.29) is 11.6 Å². The maximum absolute atomic E-state index is 13.7. The molecule has 0 spiro atoms. The van der Waals surface area contributed by atoms with Gasteiger partial charge in [-0.05, 0) is 25.5 Å². The molecule has 1 heterocycles. The Morgan fingerprint density at radius 3 is 2.84 bits per heavy atom. The van der Waals surface area contributed by atoms with Gasteiger partial charge in [-0.1, -0.05) is 6.92 Å². The number of ether oxygens (including phenoxy) is 1. The van der Waals surface area contributed by atoms with Crippen LogP contribution in [-0.4, -0.2) is 23.2 Å². The Morgan fingerprint density at radius 2 is 2.21 bits per heavy atom. The zero-order valence-corrected chi connectivity index (χ0v) is 11.4. The lowest BCUT2D eigenvalue weighted by atomic mass is 10.3. The Morgan fingerprint density at radius 1 is 1.42 bits per heavy atom. The summed E-state index contributed by atoms with van der Waals surface area (Å²) in [5, 5.41) is 3.23. The largest absolute Gasteiger partial charge is 0.494 e. The summed E-state index contributed by atoms with van der Waals surface area (Å²) in [4.78, 5) is 4.39. The molecule has 0 aliphatic rings. The number of hydrogen-bond acceptors (Lipinski definition) is 3. The van der Waals surface area contributed by atoms with Crippen molar-refractivity contribution in [2.45, 2.75) is 20.3 Å². The summed E-state index contributed by atoms with van der Waals surface area (Å²) in [6.07, 6.45) is 2.88. The van der Waals surface area contributed by atoms with Gasteiger partial charge in [0, 0.05) is 18.8 Å². The highest BCUT2D eigenvalue weighted by molar-refractivity contribution is 5.45. The number of rotatable bonds is 5. The van der Waals surface area contributed by atoms with Gasteiger partial charge in [-0.3, -0.25) is 4.57 Å². The molecule has 0 bridgehead atoms. The van der Waals surface area contributed by atoms with Crippen LogP contribution in [0.2, 0.25) is 0 Å². The first-order chi connectivity index (χ1) is 9.15. The van der Waals surface area contributed by atoms with Gasteiger partial charge in [-0.15, -0.1) is 0 Å². The molecule has 2 aromatic rings. The van der Waals surface area contributed by atoms with E-state index < -0.39 is 0 Å². The van der Waals surface area contributed by atoms with Gasteiger partial charge >= 0.3 is 0 Å². The molecule has 0 fully saturated rings. The first-order valence-corrected chi connectivity index (χ1v) is 6.29. The maximum Gasteiger partial charge on any atom is 0.207 e. The Labute approximate surface area is 112 Å². The Hall–Kier alpha value is -2.04. The molecule has 4 nitrogen and oxygen atoms in total. The van der Waals surface area contributed by atoms with E-state index in [0.29, 0.717) is 0 Å². The molecule has 19 heavy (non-hydrogen) atoms. The molecule has 5 heteroatoms. The average Bonchev–Trinajstić information content (AvgIpc) is 2.77. The fourth-order valence-corrected chi connectivity index (χ4v) is 1.86. The standard InChI is InChI=1S/C14H18FN3O/c1-4-7-16-14-17-10(2)9-18(14)11-5-6-13(19-3)12(15)8-11/h5-6,8-9H,4,7H2,1-3H3,(H,16,17). The minimum Gasteiger partial charge on any atom is -0.494 e. The third kappa shape index (κ3) is 2.86. The fourth-order valence-electron chi connectivity index (χ4n) is 1.86. The highest BCUT2D eigenvalue weighted by atomic mass is 19.1. The van der Waals surface area contributed by atoms with E-state index in [1.165, 1.54) is 13.2 Å². The Bertz CT molecular complexity index is 566. The molecule has 1 N–H and O–H groups in total. The number of anilines is 1. The maximum atomic E-state index is 13.7. The summed E-state index contributed by atoms with van der Waals surface area (Å²) in [6, 6.07) is 4.86. The molecule has 0 radical (unpaired) electrons. The quantitative estimate of drug-likeness (QED) is 0.900. The average molecular weight is 263 g/mol. The van der Waals surface area contributed by atoms with Crippen LogP contribution in [-0.2, 0) is 0 Å². The first kappa shape index (κ1) is 13.4. The van der Waals surface area contributed by atoms with Crippen molar-refractivity contribution >= 4 is 5.95 Å². The second-order valence-corrected chi connectivity index (χ2v) is 4.32. The lowest BCUT2D eigenvalue weighted by molar-refractivity contribution is 0.386. The summed E-state index contributed by atoms with van der Waals surface area (Å²) in [5.41, 5.74) is 1.60. The van der Waals surface area contributed by atoms with Crippen LogP contribution < -0.4 is 10.1 Å². The minimum atomic E-state index is -0.382. The lowest BCUT2D eigenvalue weighted by Crippen LogP contribution is -2.07. The van der Waals surface area contributed by atoms with Crippen molar-refractivity contribution in [3.63, 3.8) is 0 Å². The topological polar surface area (TPSA) is 39.1 Å². The molecule has 1 aromatic heterocycles. The summed E-state index contributed by atoms with van der Waals surface area (Å²) < 4.78 is 20.5. The summed E-state index contributed by atoms with van der Waals surface area (Å²) in [6.45, 7) is 4.82. The van der Waals surface area contributed by atoms with E-state index in [0.717, 1.165) is 30.3 Å². The van der Waals surface area contributed by atoms with E-state index >= 15 is 0 Å². The van der Waals surface area contributed by atoms with Crippen molar-refractivity contribution in [2.24, 2.45) is 0 Å². The zero-order chi connectivity index (χ0) is 13.8. The Balaban J connectivity index is 2.37. The molecule has 0 amide bonds. The molecule has 102 valence electrons. The second-order valence-electron chi connectivity index (χ2n) is 4.32. The fraction of sp³-hybridized carbons (Fsp3) is 0.357. The highest BCUT2D eigenvalue weighted by Gasteiger charge is 2.10. The van der Waals surface area contributed by atoms with E-state index in [4.69, 9.17) is 4.74 Å². The monoisotopic (exact) mass is 263 g/mol. The SMILES string of the molecule is CCCNc1nc(C)cn1-c1ccc(OC)c(F)c1. The van der Waals surface area contributed by atoms with Gasteiger partial charge in [-0.25, -0.2) is 9.37 Å². The first-order valence-electron chi connectivity index (χ1n) is 6.29. The van der Waals surface area contributed by atoms with E-state index in [1.54, 1.807) is 12.1 Å². The molecule has 0 atom stereocenters. The third-order valence-electron chi connectivity index (χ3n) is 2.77. The van der Waals surface area contributed by atoms with Crippen molar-refractivity contribution < 1.29 is 9.13 Å². The second kappa shape index (κ2) is 5.73. The number of nitrogens with one attached hydrogen (secondary N) is 1. The number of halogens is 1. The van der Waals surface area contributed by atoms with Gasteiger partial charge in [0.2, 0.25) is 5.95 Å². The van der Waals surface area contributed by atoms with Crippen molar-refractivity contribution in [1.82, 2.24) is 9.55 Å². The smallest absolute Gasteiger partial charge is 0.207 e. The molecule has 1 aromatic carbocycles.